The fourth-order valence-electron chi connectivity index (χ4n) is 8.93. The van der Waals surface area contributed by atoms with Gasteiger partial charge in [-0.15, -0.1) is 0 Å². The highest BCUT2D eigenvalue weighted by molar-refractivity contribution is 8.14. The predicted octanol–water partition coefficient (Wildman–Crippen LogP) is 19.7. The van der Waals surface area contributed by atoms with Gasteiger partial charge in [-0.2, -0.15) is 0 Å². The summed E-state index contributed by atoms with van der Waals surface area (Å²) in [6, 6.07) is 34.0. The van der Waals surface area contributed by atoms with Gasteiger partial charge in [0.05, 0.1) is 24.3 Å². The first-order valence-electron chi connectivity index (χ1n) is 29.0. The third-order valence-corrected chi connectivity index (χ3v) is 15.4. The van der Waals surface area contributed by atoms with Crippen LogP contribution in [0, 0.1) is 0 Å². The van der Waals surface area contributed by atoms with Crippen molar-refractivity contribution < 1.29 is 38.1 Å². The van der Waals surface area contributed by atoms with Gasteiger partial charge >= 0.3 is 11.9 Å². The third kappa shape index (κ3) is 25.7. The molecule has 0 N–H and O–H groups in total. The molecule has 0 aliphatic rings. The van der Waals surface area contributed by atoms with Gasteiger partial charge < -0.3 is 18.9 Å². The minimum atomic E-state index is -0.599. The van der Waals surface area contributed by atoms with Gasteiger partial charge in [0.2, 0.25) is 10.2 Å². The molecule has 0 saturated carbocycles. The summed E-state index contributed by atoms with van der Waals surface area (Å²) in [7, 11) is 0. The van der Waals surface area contributed by atoms with Gasteiger partial charge in [0.15, 0.2) is 0 Å². The largest absolute Gasteiger partial charge is 0.494 e. The summed E-state index contributed by atoms with van der Waals surface area (Å²) in [5, 5.41) is -0.226. The third-order valence-electron chi connectivity index (χ3n) is 13.5. The number of unbranched alkanes of at least 4 members (excludes halogenated alkanes) is 26. The molecule has 5 aromatic rings. The van der Waals surface area contributed by atoms with Crippen molar-refractivity contribution in [1.82, 2.24) is 0 Å². The molecule has 0 aliphatic carbocycles. The Balaban J connectivity index is 0.922. The van der Waals surface area contributed by atoms with Crippen molar-refractivity contribution in [1.29, 1.82) is 0 Å². The van der Waals surface area contributed by atoms with Gasteiger partial charge in [-0.05, 0) is 146 Å². The highest BCUT2D eigenvalue weighted by Crippen LogP contribution is 2.28. The SMILES string of the molecule is CCCCCCCCCCCCCCCCOc1ccc(C(=O)Sc2ccc(C(=O)Oc3cccc(OC(=O)c4ccc(SC(=O)c5ccc(OCCCCCCCCCCCCCCCC)cc5)cc4)c3)cc2)cc1. The average Bonchev–Trinajstić information content (AvgIpc) is 3.44. The number of hydrogen-bond donors (Lipinski definition) is 0. The second-order valence-corrected chi connectivity index (χ2v) is 22.1. The molecule has 410 valence electrons. The lowest BCUT2D eigenvalue weighted by atomic mass is 10.0. The van der Waals surface area contributed by atoms with Gasteiger partial charge in [-0.25, -0.2) is 9.59 Å². The van der Waals surface area contributed by atoms with Crippen molar-refractivity contribution in [3.05, 3.63) is 144 Å². The van der Waals surface area contributed by atoms with Gasteiger partial charge in [0.25, 0.3) is 0 Å². The van der Waals surface area contributed by atoms with E-state index in [-0.39, 0.29) is 21.7 Å². The van der Waals surface area contributed by atoms with Crippen molar-refractivity contribution in [3.63, 3.8) is 0 Å². The quantitative estimate of drug-likeness (QED) is 0.0163. The smallest absolute Gasteiger partial charge is 0.343 e. The molecule has 8 nitrogen and oxygen atoms in total. The minimum absolute atomic E-state index is 0.113. The Labute approximate surface area is 464 Å². The molecule has 0 fully saturated rings. The highest BCUT2D eigenvalue weighted by atomic mass is 32.2. The van der Waals surface area contributed by atoms with E-state index < -0.39 is 11.9 Å². The van der Waals surface area contributed by atoms with Crippen molar-refractivity contribution in [2.45, 2.75) is 203 Å². The van der Waals surface area contributed by atoms with E-state index in [4.69, 9.17) is 18.9 Å². The summed E-state index contributed by atoms with van der Waals surface area (Å²) in [5.74, 6) is 0.715. The molecule has 0 spiro atoms. The van der Waals surface area contributed by atoms with Crippen LogP contribution in [0.2, 0.25) is 0 Å². The molecular weight excluding hydrogens is 985 g/mol. The van der Waals surface area contributed by atoms with Crippen molar-refractivity contribution in [2.24, 2.45) is 0 Å². The number of esters is 2. The molecule has 0 amide bonds. The van der Waals surface area contributed by atoms with Crippen LogP contribution in [-0.2, 0) is 0 Å². The first kappa shape index (κ1) is 61.5. The Morgan fingerprint density at radius 3 is 0.895 bits per heavy atom. The summed E-state index contributed by atoms with van der Waals surface area (Å²) >= 11 is 2.16. The Morgan fingerprint density at radius 1 is 0.316 bits per heavy atom. The van der Waals surface area contributed by atoms with Crippen molar-refractivity contribution >= 4 is 45.7 Å². The lowest BCUT2D eigenvalue weighted by Gasteiger charge is -2.09. The van der Waals surface area contributed by atoms with Gasteiger partial charge in [0, 0.05) is 27.0 Å². The molecule has 0 unspecified atom stereocenters. The van der Waals surface area contributed by atoms with Crippen LogP contribution < -0.4 is 18.9 Å². The van der Waals surface area contributed by atoms with E-state index in [1.54, 1.807) is 91.0 Å². The van der Waals surface area contributed by atoms with E-state index in [9.17, 15) is 19.2 Å². The minimum Gasteiger partial charge on any atom is -0.494 e. The Hall–Kier alpha value is -5.32. The lowest BCUT2D eigenvalue weighted by molar-refractivity contribution is 0.0732. The molecule has 0 saturated heterocycles. The van der Waals surface area contributed by atoms with E-state index in [0.29, 0.717) is 45.3 Å². The Kier molecular flexibility index (Phi) is 31.0. The van der Waals surface area contributed by atoms with Gasteiger partial charge in [-0.3, -0.25) is 9.59 Å². The zero-order chi connectivity index (χ0) is 53.7. The number of carbonyl (C=O) groups excluding carboxylic acids is 4. The maximum Gasteiger partial charge on any atom is 0.343 e. The van der Waals surface area contributed by atoms with E-state index in [1.807, 2.05) is 24.3 Å². The molecule has 0 bridgehead atoms. The fraction of sp³-hybridized carbons (Fsp3) is 0.485. The number of carbonyl (C=O) groups is 4. The number of hydrogen-bond acceptors (Lipinski definition) is 10. The molecular formula is C66H86O8S2. The molecule has 10 heteroatoms. The lowest BCUT2D eigenvalue weighted by Crippen LogP contribution is -2.10. The van der Waals surface area contributed by atoms with Crippen LogP contribution >= 0.6 is 23.5 Å². The second kappa shape index (κ2) is 38.3. The summed E-state index contributed by atoms with van der Waals surface area (Å²) in [4.78, 5) is 53.7. The normalized spacial score (nSPS) is 11.1. The first-order chi connectivity index (χ1) is 37.3. The molecule has 76 heavy (non-hydrogen) atoms. The molecule has 5 aromatic carbocycles. The molecule has 0 radical (unpaired) electrons. The molecule has 0 aromatic heterocycles. The second-order valence-electron chi connectivity index (χ2n) is 20.0. The zero-order valence-corrected chi connectivity index (χ0v) is 47.5. The number of ether oxygens (including phenoxy) is 4. The van der Waals surface area contributed by atoms with E-state index in [0.717, 1.165) is 47.9 Å². The summed E-state index contributed by atoms with van der Waals surface area (Å²) < 4.78 is 23.1. The van der Waals surface area contributed by atoms with Crippen LogP contribution in [0.5, 0.6) is 23.0 Å². The summed E-state index contributed by atoms with van der Waals surface area (Å²) in [5.41, 5.74) is 1.73. The topological polar surface area (TPSA) is 105 Å². The highest BCUT2D eigenvalue weighted by Gasteiger charge is 2.15. The van der Waals surface area contributed by atoms with Crippen LogP contribution in [-0.4, -0.2) is 35.4 Å². The monoisotopic (exact) mass is 1070 g/mol. The predicted molar refractivity (Wildman–Crippen MR) is 314 cm³/mol. The number of rotatable bonds is 40. The van der Waals surface area contributed by atoms with E-state index >= 15 is 0 Å². The van der Waals surface area contributed by atoms with Gasteiger partial charge in [0.1, 0.15) is 23.0 Å². The van der Waals surface area contributed by atoms with Crippen LogP contribution in [0.25, 0.3) is 0 Å². The van der Waals surface area contributed by atoms with Crippen LogP contribution in [0.15, 0.2) is 131 Å². The molecule has 0 aliphatic heterocycles. The molecule has 5 rings (SSSR count). The van der Waals surface area contributed by atoms with Crippen LogP contribution in [0.3, 0.4) is 0 Å². The Morgan fingerprint density at radius 2 is 0.592 bits per heavy atom. The summed E-state index contributed by atoms with van der Waals surface area (Å²) in [6.07, 6.45) is 37.0. The maximum absolute atomic E-state index is 13.1. The van der Waals surface area contributed by atoms with Gasteiger partial charge in [-0.1, -0.05) is 187 Å². The van der Waals surface area contributed by atoms with Crippen molar-refractivity contribution in [3.8, 4) is 23.0 Å². The zero-order valence-electron chi connectivity index (χ0n) is 45.8. The molecule has 0 heterocycles. The fourth-order valence-corrected chi connectivity index (χ4v) is 10.4. The van der Waals surface area contributed by atoms with Crippen LogP contribution in [0.4, 0.5) is 0 Å². The number of benzene rings is 5. The Bertz CT molecular complexity index is 2220. The standard InChI is InChI=1S/C66H86O8S2/c1-3-5-7-9-11-13-15-17-19-21-23-25-27-29-50-71-57-42-34-55(35-43-57)65(69)75-61-46-38-53(39-47-61)63(67)73-59-32-31-33-60(52-59)74-64(68)54-40-48-62(49-41-54)76-66(70)56-36-44-58(45-37-56)72-51-30-28-26-24-22-20-18-16-14-12-10-8-6-4-2/h31-49,52H,3-30,50-51H2,1-2H3. The summed E-state index contributed by atoms with van der Waals surface area (Å²) in [6.45, 7) is 5.88. The van der Waals surface area contributed by atoms with E-state index in [2.05, 4.69) is 13.8 Å². The van der Waals surface area contributed by atoms with E-state index in [1.165, 1.54) is 173 Å². The van der Waals surface area contributed by atoms with Crippen molar-refractivity contribution in [2.75, 3.05) is 13.2 Å². The maximum atomic E-state index is 13.1. The average molecular weight is 1070 g/mol. The van der Waals surface area contributed by atoms with Crippen LogP contribution in [0.1, 0.15) is 235 Å². The molecule has 0 atom stereocenters. The first-order valence-corrected chi connectivity index (χ1v) is 30.6. The number of thioether (sulfide) groups is 2.